The lowest BCUT2D eigenvalue weighted by atomic mass is 10.1. The Morgan fingerprint density at radius 3 is 2.25 bits per heavy atom. The number of amides is 2. The van der Waals surface area contributed by atoms with Crippen LogP contribution in [0.15, 0.2) is 58.3 Å². The first-order valence-electron chi connectivity index (χ1n) is 8.72. The van der Waals surface area contributed by atoms with E-state index in [4.69, 9.17) is 21.1 Å². The third-order valence-corrected chi connectivity index (χ3v) is 5.61. The second-order valence-electron chi connectivity index (χ2n) is 6.10. The monoisotopic (exact) mass is 417 g/mol. The predicted octanol–water partition coefficient (Wildman–Crippen LogP) is 4.26. The Morgan fingerprint density at radius 2 is 1.64 bits per heavy atom. The highest BCUT2D eigenvalue weighted by atomic mass is 35.5. The fourth-order valence-electron chi connectivity index (χ4n) is 2.85. The van der Waals surface area contributed by atoms with Crippen molar-refractivity contribution in [3.63, 3.8) is 0 Å². The minimum Gasteiger partial charge on any atom is -0.497 e. The smallest absolute Gasteiger partial charge is 0.268 e. The van der Waals surface area contributed by atoms with E-state index in [-0.39, 0.29) is 11.8 Å². The summed E-state index contributed by atoms with van der Waals surface area (Å²) in [5.41, 5.74) is 1.09. The summed E-state index contributed by atoms with van der Waals surface area (Å²) in [6.07, 6.45) is 0.586. The van der Waals surface area contributed by atoms with Crippen LogP contribution in [0.3, 0.4) is 0 Å². The number of carbonyl (C=O) groups is 2. The summed E-state index contributed by atoms with van der Waals surface area (Å²) >= 11 is 7.23. The zero-order chi connectivity index (χ0) is 20.1. The molecule has 0 N–H and O–H groups in total. The molecule has 0 bridgehead atoms. The van der Waals surface area contributed by atoms with Crippen molar-refractivity contribution in [3.8, 4) is 5.75 Å². The number of benzene rings is 2. The van der Waals surface area contributed by atoms with Gasteiger partial charge in [-0.25, -0.2) is 0 Å². The lowest BCUT2D eigenvalue weighted by Gasteiger charge is -2.14. The summed E-state index contributed by atoms with van der Waals surface area (Å²) in [7, 11) is 3.17. The molecule has 1 aliphatic heterocycles. The number of hydrogen-bond donors (Lipinski definition) is 0. The van der Waals surface area contributed by atoms with Crippen LogP contribution in [0.4, 0.5) is 0 Å². The Balaban J connectivity index is 1.97. The molecule has 146 valence electrons. The van der Waals surface area contributed by atoms with Gasteiger partial charge in [0, 0.05) is 30.2 Å². The SMILES string of the molecule is COCCCN1C(=O)C(Sc2ccc(Cl)cc2)=C(c2ccc(OC)cc2)C1=O. The zero-order valence-corrected chi connectivity index (χ0v) is 17.2. The van der Waals surface area contributed by atoms with Crippen molar-refractivity contribution in [2.75, 3.05) is 27.4 Å². The van der Waals surface area contributed by atoms with Crippen LogP contribution in [0.25, 0.3) is 5.57 Å². The molecule has 0 atom stereocenters. The summed E-state index contributed by atoms with van der Waals surface area (Å²) < 4.78 is 10.2. The summed E-state index contributed by atoms with van der Waals surface area (Å²) in [6.45, 7) is 0.796. The first-order chi connectivity index (χ1) is 13.5. The number of methoxy groups -OCH3 is 2. The number of hydrogen-bond acceptors (Lipinski definition) is 5. The van der Waals surface area contributed by atoms with Crippen LogP contribution < -0.4 is 4.74 Å². The van der Waals surface area contributed by atoms with E-state index in [1.807, 2.05) is 12.1 Å². The maximum Gasteiger partial charge on any atom is 0.268 e. The van der Waals surface area contributed by atoms with Crippen molar-refractivity contribution >= 4 is 40.8 Å². The Hall–Kier alpha value is -2.28. The first kappa shape index (κ1) is 20.5. The Bertz CT molecular complexity index is 894. The van der Waals surface area contributed by atoms with Crippen LogP contribution in [0.2, 0.25) is 5.02 Å². The van der Waals surface area contributed by atoms with Gasteiger partial charge in [-0.3, -0.25) is 14.5 Å². The molecule has 1 heterocycles. The summed E-state index contributed by atoms with van der Waals surface area (Å²) in [5.74, 6) is 0.111. The standard InChI is InChI=1S/C21H20ClNO4S/c1-26-13-3-12-23-20(24)18(14-4-8-16(27-2)9-5-14)19(21(23)25)28-17-10-6-15(22)7-11-17/h4-11H,3,12-13H2,1-2H3. The fraction of sp³-hybridized carbons (Fsp3) is 0.238. The van der Waals surface area contributed by atoms with Gasteiger partial charge in [-0.2, -0.15) is 0 Å². The number of imide groups is 1. The molecule has 0 aromatic heterocycles. The van der Waals surface area contributed by atoms with Crippen LogP contribution in [0.1, 0.15) is 12.0 Å². The lowest BCUT2D eigenvalue weighted by Crippen LogP contribution is -2.33. The first-order valence-corrected chi connectivity index (χ1v) is 9.92. The molecular weight excluding hydrogens is 398 g/mol. The highest BCUT2D eigenvalue weighted by Gasteiger charge is 2.39. The minimum absolute atomic E-state index is 0.285. The van der Waals surface area contributed by atoms with E-state index in [0.717, 1.165) is 4.90 Å². The van der Waals surface area contributed by atoms with Gasteiger partial charge in [0.1, 0.15) is 5.75 Å². The molecule has 0 saturated heterocycles. The van der Waals surface area contributed by atoms with E-state index in [1.165, 1.54) is 16.7 Å². The van der Waals surface area contributed by atoms with Gasteiger partial charge in [-0.15, -0.1) is 0 Å². The third-order valence-electron chi connectivity index (χ3n) is 4.27. The maximum absolute atomic E-state index is 13.1. The Morgan fingerprint density at radius 1 is 0.964 bits per heavy atom. The number of carbonyl (C=O) groups excluding carboxylic acids is 2. The van der Waals surface area contributed by atoms with Gasteiger partial charge in [-0.1, -0.05) is 35.5 Å². The molecule has 0 saturated carbocycles. The molecule has 7 heteroatoms. The van der Waals surface area contributed by atoms with Crippen LogP contribution in [0.5, 0.6) is 5.75 Å². The lowest BCUT2D eigenvalue weighted by molar-refractivity contribution is -0.136. The van der Waals surface area contributed by atoms with Crippen LogP contribution in [-0.4, -0.2) is 44.1 Å². The molecule has 1 aliphatic rings. The molecule has 2 aromatic rings. The molecule has 0 aliphatic carbocycles. The van der Waals surface area contributed by atoms with Crippen molar-refractivity contribution < 1.29 is 19.1 Å². The van der Waals surface area contributed by atoms with E-state index in [9.17, 15) is 9.59 Å². The summed E-state index contributed by atoms with van der Waals surface area (Å²) in [5, 5.41) is 0.615. The van der Waals surface area contributed by atoms with Crippen molar-refractivity contribution in [1.29, 1.82) is 0 Å². The van der Waals surface area contributed by atoms with E-state index in [0.29, 0.717) is 46.4 Å². The number of ether oxygens (including phenoxy) is 2. The summed E-state index contributed by atoms with van der Waals surface area (Å²) in [6, 6.07) is 14.3. The van der Waals surface area contributed by atoms with Crippen molar-refractivity contribution in [2.45, 2.75) is 11.3 Å². The molecule has 2 aromatic carbocycles. The molecule has 0 fully saturated rings. The highest BCUT2D eigenvalue weighted by Crippen LogP contribution is 2.40. The average molecular weight is 418 g/mol. The van der Waals surface area contributed by atoms with Gasteiger partial charge in [-0.05, 0) is 48.4 Å². The van der Waals surface area contributed by atoms with E-state index < -0.39 is 0 Å². The van der Waals surface area contributed by atoms with E-state index in [2.05, 4.69) is 0 Å². The normalized spacial score (nSPS) is 14.2. The number of rotatable bonds is 8. The zero-order valence-electron chi connectivity index (χ0n) is 15.6. The quantitative estimate of drug-likeness (QED) is 0.474. The van der Waals surface area contributed by atoms with Gasteiger partial charge >= 0.3 is 0 Å². The van der Waals surface area contributed by atoms with Crippen molar-refractivity contribution in [2.24, 2.45) is 0 Å². The van der Waals surface area contributed by atoms with Gasteiger partial charge in [0.25, 0.3) is 11.8 Å². The van der Waals surface area contributed by atoms with Gasteiger partial charge < -0.3 is 9.47 Å². The van der Waals surface area contributed by atoms with Crippen molar-refractivity contribution in [1.82, 2.24) is 4.90 Å². The third kappa shape index (κ3) is 4.41. The molecular formula is C21H20ClNO4S. The number of halogens is 1. The molecule has 0 radical (unpaired) electrons. The van der Waals surface area contributed by atoms with Crippen LogP contribution >= 0.6 is 23.4 Å². The fourth-order valence-corrected chi connectivity index (χ4v) is 3.99. The van der Waals surface area contributed by atoms with E-state index >= 15 is 0 Å². The van der Waals surface area contributed by atoms with Gasteiger partial charge in [0.2, 0.25) is 0 Å². The molecule has 3 rings (SSSR count). The highest BCUT2D eigenvalue weighted by molar-refractivity contribution is 8.04. The Kier molecular flexibility index (Phi) is 6.78. The van der Waals surface area contributed by atoms with Crippen molar-refractivity contribution in [3.05, 3.63) is 64.0 Å². The van der Waals surface area contributed by atoms with Crippen LogP contribution in [0, 0.1) is 0 Å². The maximum atomic E-state index is 13.1. The topological polar surface area (TPSA) is 55.8 Å². The molecule has 0 unspecified atom stereocenters. The molecule has 0 spiro atoms. The summed E-state index contributed by atoms with van der Waals surface area (Å²) in [4.78, 5) is 28.6. The second kappa shape index (κ2) is 9.28. The molecule has 2 amide bonds. The van der Waals surface area contributed by atoms with Crippen LogP contribution in [-0.2, 0) is 14.3 Å². The predicted molar refractivity (Wildman–Crippen MR) is 110 cm³/mol. The Labute approximate surface area is 173 Å². The largest absolute Gasteiger partial charge is 0.497 e. The minimum atomic E-state index is -0.289. The second-order valence-corrected chi connectivity index (χ2v) is 7.62. The average Bonchev–Trinajstić information content (AvgIpc) is 2.94. The van der Waals surface area contributed by atoms with E-state index in [1.54, 1.807) is 50.6 Å². The molecule has 5 nitrogen and oxygen atoms in total. The molecule has 28 heavy (non-hydrogen) atoms. The number of nitrogens with zero attached hydrogens (tertiary/aromatic N) is 1. The van der Waals surface area contributed by atoms with Gasteiger partial charge in [0.05, 0.1) is 17.6 Å². The van der Waals surface area contributed by atoms with Gasteiger partial charge in [0.15, 0.2) is 0 Å². The number of thioether (sulfide) groups is 1.